The van der Waals surface area contributed by atoms with Crippen molar-refractivity contribution in [1.29, 1.82) is 0 Å². The van der Waals surface area contributed by atoms with E-state index in [1.165, 1.54) is 16.9 Å². The van der Waals surface area contributed by atoms with Gasteiger partial charge in [-0.25, -0.2) is 0 Å². The Kier molecular flexibility index (Phi) is 3.61. The second-order valence-electron chi connectivity index (χ2n) is 4.12. The van der Waals surface area contributed by atoms with Gasteiger partial charge in [0.05, 0.1) is 0 Å². The topological polar surface area (TPSA) is 84.2 Å². The van der Waals surface area contributed by atoms with Crippen LogP contribution < -0.4 is 5.32 Å². The number of carboxylic acids is 1. The van der Waals surface area contributed by atoms with Crippen LogP contribution in [0.2, 0.25) is 0 Å². The number of aryl methyl sites for hydroxylation is 1. The summed E-state index contributed by atoms with van der Waals surface area (Å²) >= 11 is 0. The summed E-state index contributed by atoms with van der Waals surface area (Å²) < 4.78 is 1.20. The van der Waals surface area contributed by atoms with Gasteiger partial charge in [0.15, 0.2) is 5.69 Å². The van der Waals surface area contributed by atoms with Gasteiger partial charge in [-0.2, -0.15) is 5.10 Å². The van der Waals surface area contributed by atoms with Gasteiger partial charge in [-0.1, -0.05) is 12.1 Å². The molecule has 2 aromatic rings. The Labute approximate surface area is 109 Å². The van der Waals surface area contributed by atoms with Crippen molar-refractivity contribution in [3.63, 3.8) is 0 Å². The number of rotatable bonds is 4. The molecule has 6 nitrogen and oxygen atoms in total. The first-order valence-electron chi connectivity index (χ1n) is 5.68. The summed E-state index contributed by atoms with van der Waals surface area (Å²) in [5, 5.41) is 15.2. The highest BCUT2D eigenvalue weighted by molar-refractivity contribution is 6.02. The highest BCUT2D eigenvalue weighted by Gasteiger charge is 2.10. The minimum atomic E-state index is -1.01. The lowest BCUT2D eigenvalue weighted by Gasteiger charge is -2.03. The van der Waals surface area contributed by atoms with E-state index in [0.29, 0.717) is 5.69 Å². The molecule has 0 aliphatic rings. The van der Waals surface area contributed by atoms with Crippen molar-refractivity contribution in [2.75, 3.05) is 5.32 Å². The molecule has 0 radical (unpaired) electrons. The van der Waals surface area contributed by atoms with E-state index >= 15 is 0 Å². The van der Waals surface area contributed by atoms with Crippen LogP contribution in [0.1, 0.15) is 16.1 Å². The smallest absolute Gasteiger partial charge is 0.325 e. The first-order chi connectivity index (χ1) is 9.04. The van der Waals surface area contributed by atoms with E-state index in [-0.39, 0.29) is 18.1 Å². The first-order valence-corrected chi connectivity index (χ1v) is 5.68. The van der Waals surface area contributed by atoms with Crippen LogP contribution in [0.4, 0.5) is 5.69 Å². The fourth-order valence-corrected chi connectivity index (χ4v) is 1.63. The number of nitrogens with zero attached hydrogens (tertiary/aromatic N) is 2. The average Bonchev–Trinajstić information content (AvgIpc) is 2.76. The van der Waals surface area contributed by atoms with Gasteiger partial charge in [-0.3, -0.25) is 14.3 Å². The third kappa shape index (κ3) is 3.41. The van der Waals surface area contributed by atoms with Crippen molar-refractivity contribution in [3.05, 3.63) is 47.8 Å². The van der Waals surface area contributed by atoms with E-state index in [9.17, 15) is 9.59 Å². The average molecular weight is 259 g/mol. The lowest BCUT2D eigenvalue weighted by atomic mass is 10.2. The molecule has 1 heterocycles. The summed E-state index contributed by atoms with van der Waals surface area (Å²) in [7, 11) is 0. The molecule has 0 unspecified atom stereocenters. The Bertz CT molecular complexity index is 619. The number of carbonyl (C=O) groups is 2. The third-order valence-electron chi connectivity index (χ3n) is 2.45. The van der Waals surface area contributed by atoms with Gasteiger partial charge in [0, 0.05) is 11.9 Å². The molecule has 0 fully saturated rings. The molecule has 19 heavy (non-hydrogen) atoms. The summed E-state index contributed by atoms with van der Waals surface area (Å²) in [6, 6.07) is 8.87. The Morgan fingerprint density at radius 1 is 1.37 bits per heavy atom. The lowest BCUT2D eigenvalue weighted by molar-refractivity contribution is -0.137. The minimum Gasteiger partial charge on any atom is -0.480 e. The maximum Gasteiger partial charge on any atom is 0.325 e. The monoisotopic (exact) mass is 259 g/mol. The summed E-state index contributed by atoms with van der Waals surface area (Å²) in [5.41, 5.74) is 1.90. The van der Waals surface area contributed by atoms with E-state index < -0.39 is 5.97 Å². The predicted octanol–water partition coefficient (Wildman–Crippen LogP) is 1.53. The maximum absolute atomic E-state index is 11.9. The molecular weight excluding hydrogens is 246 g/mol. The zero-order chi connectivity index (χ0) is 13.8. The zero-order valence-corrected chi connectivity index (χ0v) is 10.3. The molecule has 0 saturated heterocycles. The number of aliphatic carboxylic acids is 1. The van der Waals surface area contributed by atoms with E-state index in [1.807, 2.05) is 25.1 Å². The number of carbonyl (C=O) groups excluding carboxylic acids is 1. The number of benzene rings is 1. The van der Waals surface area contributed by atoms with Crippen LogP contribution in [0, 0.1) is 6.92 Å². The summed E-state index contributed by atoms with van der Waals surface area (Å²) in [6.45, 7) is 1.66. The fraction of sp³-hybridized carbons (Fsp3) is 0.154. The summed E-state index contributed by atoms with van der Waals surface area (Å²) in [4.78, 5) is 22.4. The second kappa shape index (κ2) is 5.34. The molecule has 0 aliphatic carbocycles. The summed E-state index contributed by atoms with van der Waals surface area (Å²) in [6.07, 6.45) is 1.46. The molecule has 0 spiro atoms. The largest absolute Gasteiger partial charge is 0.480 e. The number of amides is 1. The van der Waals surface area contributed by atoms with Gasteiger partial charge in [-0.05, 0) is 30.7 Å². The van der Waals surface area contributed by atoms with Gasteiger partial charge in [0.25, 0.3) is 5.91 Å². The van der Waals surface area contributed by atoms with Crippen molar-refractivity contribution < 1.29 is 14.7 Å². The third-order valence-corrected chi connectivity index (χ3v) is 2.45. The van der Waals surface area contributed by atoms with Gasteiger partial charge < -0.3 is 10.4 Å². The molecule has 2 N–H and O–H groups in total. The van der Waals surface area contributed by atoms with Crippen LogP contribution in [-0.4, -0.2) is 26.8 Å². The molecular formula is C13H13N3O3. The standard InChI is InChI=1S/C13H13N3O3/c1-9-3-2-4-10(7-9)14-13(19)11-5-6-16(15-11)8-12(17)18/h2-7H,8H2,1H3,(H,14,19)(H,17,18). The van der Waals surface area contributed by atoms with E-state index in [1.54, 1.807) is 6.07 Å². The van der Waals surface area contributed by atoms with Crippen molar-refractivity contribution in [1.82, 2.24) is 9.78 Å². The molecule has 0 saturated carbocycles. The number of carboxylic acid groups (broad SMARTS) is 1. The molecule has 1 aromatic carbocycles. The quantitative estimate of drug-likeness (QED) is 0.872. The normalized spacial score (nSPS) is 10.2. The Balaban J connectivity index is 2.07. The van der Waals surface area contributed by atoms with E-state index in [2.05, 4.69) is 10.4 Å². The highest BCUT2D eigenvalue weighted by Crippen LogP contribution is 2.10. The molecule has 0 bridgehead atoms. The zero-order valence-electron chi connectivity index (χ0n) is 10.3. The van der Waals surface area contributed by atoms with Gasteiger partial charge in [0.2, 0.25) is 0 Å². The van der Waals surface area contributed by atoms with Crippen LogP contribution in [-0.2, 0) is 11.3 Å². The van der Waals surface area contributed by atoms with Crippen LogP contribution in [0.3, 0.4) is 0 Å². The Hall–Kier alpha value is -2.63. The SMILES string of the molecule is Cc1cccc(NC(=O)c2ccn(CC(=O)O)n2)c1. The lowest BCUT2D eigenvalue weighted by Crippen LogP contribution is -2.15. The maximum atomic E-state index is 11.9. The van der Waals surface area contributed by atoms with Crippen LogP contribution >= 0.6 is 0 Å². The number of hydrogen-bond donors (Lipinski definition) is 2. The Morgan fingerprint density at radius 3 is 2.84 bits per heavy atom. The Morgan fingerprint density at radius 2 is 2.16 bits per heavy atom. The number of hydrogen-bond acceptors (Lipinski definition) is 3. The van der Waals surface area contributed by atoms with Gasteiger partial charge in [0.1, 0.15) is 6.54 Å². The molecule has 2 rings (SSSR count). The van der Waals surface area contributed by atoms with Gasteiger partial charge in [-0.15, -0.1) is 0 Å². The predicted molar refractivity (Wildman–Crippen MR) is 69.0 cm³/mol. The van der Waals surface area contributed by atoms with Crippen LogP contribution in [0.5, 0.6) is 0 Å². The minimum absolute atomic E-state index is 0.183. The van der Waals surface area contributed by atoms with Crippen molar-refractivity contribution >= 4 is 17.6 Å². The van der Waals surface area contributed by atoms with E-state index in [4.69, 9.17) is 5.11 Å². The molecule has 1 amide bonds. The molecule has 98 valence electrons. The van der Waals surface area contributed by atoms with Crippen LogP contribution in [0.25, 0.3) is 0 Å². The molecule has 6 heteroatoms. The summed E-state index contributed by atoms with van der Waals surface area (Å²) in [5.74, 6) is -1.37. The molecule has 0 atom stereocenters. The van der Waals surface area contributed by atoms with E-state index in [0.717, 1.165) is 5.56 Å². The van der Waals surface area contributed by atoms with Gasteiger partial charge >= 0.3 is 5.97 Å². The number of nitrogens with one attached hydrogen (secondary N) is 1. The van der Waals surface area contributed by atoms with Crippen molar-refractivity contribution in [2.24, 2.45) is 0 Å². The molecule has 1 aromatic heterocycles. The molecule has 0 aliphatic heterocycles. The second-order valence-corrected chi connectivity index (χ2v) is 4.12. The highest BCUT2D eigenvalue weighted by atomic mass is 16.4. The van der Waals surface area contributed by atoms with Crippen molar-refractivity contribution in [3.8, 4) is 0 Å². The van der Waals surface area contributed by atoms with Crippen molar-refractivity contribution in [2.45, 2.75) is 13.5 Å². The first kappa shape index (κ1) is 12.8. The number of aromatic nitrogens is 2. The van der Waals surface area contributed by atoms with Crippen LogP contribution in [0.15, 0.2) is 36.5 Å². The fourth-order valence-electron chi connectivity index (χ4n) is 1.63. The number of anilines is 1.